The summed E-state index contributed by atoms with van der Waals surface area (Å²) in [4.78, 5) is 17.0. The van der Waals surface area contributed by atoms with E-state index in [9.17, 15) is 10.1 Å². The Hall–Kier alpha value is -1.89. The van der Waals surface area contributed by atoms with Crippen LogP contribution in [0.1, 0.15) is 12.8 Å². The molecule has 1 saturated heterocycles. The first-order valence-electron chi connectivity index (χ1n) is 6.26. The van der Waals surface area contributed by atoms with Crippen LogP contribution in [-0.4, -0.2) is 43.3 Å². The van der Waals surface area contributed by atoms with Crippen LogP contribution >= 0.6 is 0 Å². The number of nitrogens with one attached hydrogen (secondary N) is 1. The fourth-order valence-corrected chi connectivity index (χ4v) is 2.22. The van der Waals surface area contributed by atoms with Crippen molar-refractivity contribution in [3.05, 3.63) is 22.2 Å². The summed E-state index contributed by atoms with van der Waals surface area (Å²) in [6.07, 6.45) is 2.10. The molecule has 0 amide bonds. The predicted molar refractivity (Wildman–Crippen MR) is 72.7 cm³/mol. The molecule has 0 aromatic carbocycles. The minimum atomic E-state index is -0.395. The van der Waals surface area contributed by atoms with Gasteiger partial charge in [0, 0.05) is 27.2 Å². The summed E-state index contributed by atoms with van der Waals surface area (Å²) < 4.78 is 5.31. The number of rotatable bonds is 4. The van der Waals surface area contributed by atoms with Gasteiger partial charge in [0.25, 0.3) is 5.69 Å². The van der Waals surface area contributed by atoms with Crippen molar-refractivity contribution in [2.75, 3.05) is 37.5 Å². The second-order valence-corrected chi connectivity index (χ2v) is 4.50. The van der Waals surface area contributed by atoms with Crippen LogP contribution in [0.15, 0.2) is 12.1 Å². The minimum Gasteiger partial charge on any atom is -0.381 e. The molecule has 7 nitrogen and oxygen atoms in total. The maximum Gasteiger partial charge on any atom is 0.276 e. The van der Waals surface area contributed by atoms with Crippen molar-refractivity contribution in [2.24, 2.45) is 0 Å². The van der Waals surface area contributed by atoms with Gasteiger partial charge in [-0.25, -0.2) is 4.98 Å². The number of methoxy groups -OCH3 is 1. The van der Waals surface area contributed by atoms with E-state index in [1.54, 1.807) is 14.2 Å². The number of pyridine rings is 1. The molecule has 1 aliphatic rings. The molecule has 0 unspecified atom stereocenters. The summed E-state index contributed by atoms with van der Waals surface area (Å²) >= 11 is 0. The summed E-state index contributed by atoms with van der Waals surface area (Å²) in [7, 11) is 3.41. The Morgan fingerprint density at radius 2 is 2.16 bits per heavy atom. The lowest BCUT2D eigenvalue weighted by atomic mass is 10.1. The zero-order chi connectivity index (χ0) is 13.8. The van der Waals surface area contributed by atoms with Crippen molar-refractivity contribution in [1.82, 2.24) is 4.98 Å². The molecule has 0 aliphatic carbocycles. The van der Waals surface area contributed by atoms with Crippen molar-refractivity contribution in [3.8, 4) is 0 Å². The highest BCUT2D eigenvalue weighted by Crippen LogP contribution is 2.25. The van der Waals surface area contributed by atoms with Crippen LogP contribution in [-0.2, 0) is 4.74 Å². The first-order chi connectivity index (χ1) is 9.13. The van der Waals surface area contributed by atoms with E-state index in [1.165, 1.54) is 12.1 Å². The van der Waals surface area contributed by atoms with E-state index >= 15 is 0 Å². The minimum absolute atomic E-state index is 0.0585. The number of ether oxygens (including phenoxy) is 1. The number of hydrogen-bond donors (Lipinski definition) is 1. The van der Waals surface area contributed by atoms with Crippen molar-refractivity contribution >= 4 is 17.3 Å². The maximum atomic E-state index is 10.9. The van der Waals surface area contributed by atoms with Crippen LogP contribution in [0.3, 0.4) is 0 Å². The molecule has 1 aromatic rings. The molecule has 0 radical (unpaired) electrons. The molecule has 19 heavy (non-hydrogen) atoms. The van der Waals surface area contributed by atoms with E-state index < -0.39 is 4.92 Å². The quantitative estimate of drug-likeness (QED) is 0.659. The lowest BCUT2D eigenvalue weighted by Crippen LogP contribution is -2.37. The Bertz CT molecular complexity index is 458. The smallest absolute Gasteiger partial charge is 0.276 e. The van der Waals surface area contributed by atoms with Crippen LogP contribution in [0, 0.1) is 10.1 Å². The van der Waals surface area contributed by atoms with E-state index in [2.05, 4.69) is 15.2 Å². The van der Waals surface area contributed by atoms with Crippen molar-refractivity contribution in [3.63, 3.8) is 0 Å². The molecule has 0 bridgehead atoms. The van der Waals surface area contributed by atoms with Gasteiger partial charge in [0.2, 0.25) is 0 Å². The van der Waals surface area contributed by atoms with Crippen LogP contribution in [0.2, 0.25) is 0 Å². The van der Waals surface area contributed by atoms with Gasteiger partial charge in [0.15, 0.2) is 0 Å². The third-order valence-electron chi connectivity index (χ3n) is 3.36. The van der Waals surface area contributed by atoms with Gasteiger partial charge in [-0.2, -0.15) is 0 Å². The zero-order valence-electron chi connectivity index (χ0n) is 11.1. The highest BCUT2D eigenvalue weighted by Gasteiger charge is 2.21. The molecule has 7 heteroatoms. The molecule has 1 aromatic heterocycles. The molecule has 1 aliphatic heterocycles. The molecule has 0 spiro atoms. The number of piperidine rings is 1. The summed E-state index contributed by atoms with van der Waals surface area (Å²) in [5.41, 5.74) is 0.0585. The molecule has 1 fully saturated rings. The molecule has 2 heterocycles. The Labute approximate surface area is 111 Å². The molecule has 2 rings (SSSR count). The van der Waals surface area contributed by atoms with Crippen LogP contribution < -0.4 is 10.2 Å². The fraction of sp³-hybridized carbons (Fsp3) is 0.583. The van der Waals surface area contributed by atoms with Gasteiger partial charge in [-0.15, -0.1) is 0 Å². The SMILES string of the molecule is CNc1cc([N+](=O)[O-])cc(N2CCC(OC)CC2)n1. The third-order valence-corrected chi connectivity index (χ3v) is 3.36. The number of anilines is 2. The van der Waals surface area contributed by atoms with Gasteiger partial charge in [0.05, 0.1) is 23.2 Å². The summed E-state index contributed by atoms with van der Waals surface area (Å²) in [5.74, 6) is 1.16. The fourth-order valence-electron chi connectivity index (χ4n) is 2.22. The molecule has 0 saturated carbocycles. The van der Waals surface area contributed by atoms with Gasteiger partial charge in [-0.3, -0.25) is 10.1 Å². The maximum absolute atomic E-state index is 10.9. The van der Waals surface area contributed by atoms with E-state index in [0.717, 1.165) is 25.9 Å². The van der Waals surface area contributed by atoms with Gasteiger partial charge in [-0.1, -0.05) is 0 Å². The van der Waals surface area contributed by atoms with Gasteiger partial charge in [0.1, 0.15) is 11.6 Å². The van der Waals surface area contributed by atoms with Gasteiger partial charge in [-0.05, 0) is 12.8 Å². The number of aromatic nitrogens is 1. The van der Waals surface area contributed by atoms with Crippen LogP contribution in [0.25, 0.3) is 0 Å². The lowest BCUT2D eigenvalue weighted by Gasteiger charge is -2.32. The summed E-state index contributed by atoms with van der Waals surface area (Å²) in [6, 6.07) is 2.96. The number of hydrogen-bond acceptors (Lipinski definition) is 6. The number of nitro groups is 1. The second kappa shape index (κ2) is 5.83. The van der Waals surface area contributed by atoms with Crippen molar-refractivity contribution in [2.45, 2.75) is 18.9 Å². The molecule has 104 valence electrons. The Kier molecular flexibility index (Phi) is 4.16. The average molecular weight is 266 g/mol. The molecule has 0 atom stereocenters. The zero-order valence-corrected chi connectivity index (χ0v) is 11.1. The van der Waals surface area contributed by atoms with Gasteiger partial charge >= 0.3 is 0 Å². The van der Waals surface area contributed by atoms with Crippen molar-refractivity contribution in [1.29, 1.82) is 0 Å². The first kappa shape index (κ1) is 13.5. The molecular formula is C12H18N4O3. The monoisotopic (exact) mass is 266 g/mol. The topological polar surface area (TPSA) is 80.5 Å². The highest BCUT2D eigenvalue weighted by molar-refractivity contribution is 5.55. The normalized spacial score (nSPS) is 16.4. The Morgan fingerprint density at radius 3 is 2.68 bits per heavy atom. The predicted octanol–water partition coefficient (Wildman–Crippen LogP) is 1.65. The summed E-state index contributed by atoms with van der Waals surface area (Å²) in [5, 5.41) is 13.8. The van der Waals surface area contributed by atoms with E-state index in [0.29, 0.717) is 11.6 Å². The molecule has 1 N–H and O–H groups in total. The first-order valence-corrected chi connectivity index (χ1v) is 6.26. The number of nitrogens with zero attached hydrogens (tertiary/aromatic N) is 3. The Balaban J connectivity index is 2.20. The van der Waals surface area contributed by atoms with Crippen LogP contribution in [0.4, 0.5) is 17.3 Å². The molecular weight excluding hydrogens is 248 g/mol. The van der Waals surface area contributed by atoms with E-state index in [-0.39, 0.29) is 11.8 Å². The largest absolute Gasteiger partial charge is 0.381 e. The van der Waals surface area contributed by atoms with Gasteiger partial charge < -0.3 is 15.0 Å². The average Bonchev–Trinajstić information content (AvgIpc) is 2.46. The third kappa shape index (κ3) is 3.11. The van der Waals surface area contributed by atoms with Crippen molar-refractivity contribution < 1.29 is 9.66 Å². The highest BCUT2D eigenvalue weighted by atomic mass is 16.6. The summed E-state index contributed by atoms with van der Waals surface area (Å²) in [6.45, 7) is 1.60. The van der Waals surface area contributed by atoms with E-state index in [1.807, 2.05) is 0 Å². The second-order valence-electron chi connectivity index (χ2n) is 4.50. The lowest BCUT2D eigenvalue weighted by molar-refractivity contribution is -0.384. The van der Waals surface area contributed by atoms with Crippen LogP contribution in [0.5, 0.6) is 0 Å². The van der Waals surface area contributed by atoms with E-state index in [4.69, 9.17) is 4.74 Å². The standard InChI is InChI=1S/C12H18N4O3/c1-13-11-7-9(16(17)18)8-12(14-11)15-5-3-10(19-2)4-6-15/h7-8,10H,3-6H2,1-2H3,(H,13,14). The Morgan fingerprint density at radius 1 is 1.47 bits per heavy atom.